The predicted molar refractivity (Wildman–Crippen MR) is 252 cm³/mol. The summed E-state index contributed by atoms with van der Waals surface area (Å²) in [6.07, 6.45) is 1.87. The summed E-state index contributed by atoms with van der Waals surface area (Å²) < 4.78 is 13.5. The van der Waals surface area contributed by atoms with E-state index in [9.17, 15) is 28.4 Å². The minimum Gasteiger partial charge on any atom is -0.386 e. The quantitative estimate of drug-likeness (QED) is 0.0409. The molecule has 64 heavy (non-hydrogen) atoms. The zero-order valence-corrected chi connectivity index (χ0v) is 36.8. The first-order valence-corrected chi connectivity index (χ1v) is 22.7. The number of nitrogens with two attached hydrogens (primary N) is 1. The van der Waals surface area contributed by atoms with Gasteiger partial charge in [-0.3, -0.25) is 24.0 Å². The number of halogens is 1. The number of ketones is 2. The summed E-state index contributed by atoms with van der Waals surface area (Å²) in [5.41, 5.74) is 8.65. The number of amides is 3. The van der Waals surface area contributed by atoms with Crippen LogP contribution in [-0.4, -0.2) is 67.2 Å². The molecule has 6 N–H and O–H groups in total. The van der Waals surface area contributed by atoms with Crippen molar-refractivity contribution in [3.05, 3.63) is 144 Å². The lowest BCUT2D eigenvalue weighted by Gasteiger charge is -2.27. The van der Waals surface area contributed by atoms with Crippen molar-refractivity contribution in [1.29, 1.82) is 0 Å². The molecule has 0 spiro atoms. The fraction of sp³-hybridized carbons (Fsp3) is 0.377. The number of nitrogens with one attached hydrogen (secondary N) is 4. The summed E-state index contributed by atoms with van der Waals surface area (Å²) in [5.74, 6) is -3.82. The molecule has 10 nitrogen and oxygen atoms in total. The summed E-state index contributed by atoms with van der Waals surface area (Å²) in [6, 6.07) is 35.2. The molecule has 1 heterocycles. The number of hydrogen-bond acceptors (Lipinski definition) is 7. The highest BCUT2D eigenvalue weighted by molar-refractivity contribution is 5.96. The number of alkyl halides is 1. The number of hydrogen-bond donors (Lipinski definition) is 5. The standard InChI is InChI=1S/C53H62FN5O5/c1-35(54)36(2)57-25-11-10-18-45(51(55)62)33-49(60)47(31-37-12-4-3-5-13-37)59-53(64)46(30-38-19-21-40-14-6-8-16-43(40)28-38)34-50(61)48(58-52(63)42-23-26-56-27-24-42)32-39-20-22-41-15-7-9-17-44(41)29-39/h3-9,12-17,19-22,28-29,35,42,45-48,56-57H,2,10-11,18,23-27,30-34H2,1H3,(H2,55,62)(H,58,63)(H,59,64)/t35?,45-,46+,47+,48-/m1/s1. The summed E-state index contributed by atoms with van der Waals surface area (Å²) >= 11 is 0. The Morgan fingerprint density at radius 2 is 1.20 bits per heavy atom. The number of piperidine rings is 1. The molecule has 0 bridgehead atoms. The highest BCUT2D eigenvalue weighted by Crippen LogP contribution is 2.24. The zero-order valence-electron chi connectivity index (χ0n) is 36.8. The number of rotatable bonds is 24. The second-order valence-electron chi connectivity index (χ2n) is 17.3. The maximum absolute atomic E-state index is 14.8. The topological polar surface area (TPSA) is 159 Å². The predicted octanol–water partition coefficient (Wildman–Crippen LogP) is 7.26. The lowest BCUT2D eigenvalue weighted by Crippen LogP contribution is -2.49. The Morgan fingerprint density at radius 1 is 0.672 bits per heavy atom. The summed E-state index contributed by atoms with van der Waals surface area (Å²) in [7, 11) is 0. The van der Waals surface area contributed by atoms with E-state index in [1.54, 1.807) is 0 Å². The molecule has 0 saturated carbocycles. The Balaban J connectivity index is 1.26. The average Bonchev–Trinajstić information content (AvgIpc) is 3.30. The molecule has 0 aromatic heterocycles. The van der Waals surface area contributed by atoms with E-state index in [2.05, 4.69) is 27.8 Å². The summed E-state index contributed by atoms with van der Waals surface area (Å²) in [4.78, 5) is 70.2. The zero-order chi connectivity index (χ0) is 45.4. The third kappa shape index (κ3) is 13.9. The monoisotopic (exact) mass is 867 g/mol. The van der Waals surface area contributed by atoms with Crippen molar-refractivity contribution < 1.29 is 28.4 Å². The molecule has 1 saturated heterocycles. The molecule has 0 aliphatic carbocycles. The first kappa shape index (κ1) is 47.3. The van der Waals surface area contributed by atoms with Crippen LogP contribution in [-0.2, 0) is 43.2 Å². The van der Waals surface area contributed by atoms with Gasteiger partial charge in [-0.25, -0.2) is 4.39 Å². The number of allylic oxidation sites excluding steroid dienone is 1. The van der Waals surface area contributed by atoms with Crippen molar-refractivity contribution in [1.82, 2.24) is 21.3 Å². The van der Waals surface area contributed by atoms with E-state index >= 15 is 0 Å². The van der Waals surface area contributed by atoms with Gasteiger partial charge < -0.3 is 27.0 Å². The fourth-order valence-corrected chi connectivity index (χ4v) is 8.53. The van der Waals surface area contributed by atoms with Crippen molar-refractivity contribution in [2.24, 2.45) is 23.5 Å². The number of benzene rings is 5. The summed E-state index contributed by atoms with van der Waals surface area (Å²) in [5, 5.41) is 16.5. The molecule has 336 valence electrons. The van der Waals surface area contributed by atoms with E-state index in [1.807, 2.05) is 115 Å². The molecule has 1 unspecified atom stereocenters. The molecular formula is C53H62FN5O5. The Labute approximate surface area is 376 Å². The van der Waals surface area contributed by atoms with Crippen molar-refractivity contribution >= 4 is 50.8 Å². The van der Waals surface area contributed by atoms with E-state index in [0.29, 0.717) is 51.7 Å². The van der Waals surface area contributed by atoms with Gasteiger partial charge in [-0.2, -0.15) is 0 Å². The molecule has 1 aliphatic heterocycles. The molecule has 0 radical (unpaired) electrons. The second kappa shape index (κ2) is 23.5. The molecule has 11 heteroatoms. The van der Waals surface area contributed by atoms with Gasteiger partial charge in [0.2, 0.25) is 17.7 Å². The lowest BCUT2D eigenvalue weighted by molar-refractivity contribution is -0.134. The molecule has 5 aromatic rings. The number of Topliss-reactive ketones (excluding diaryl/α,β-unsaturated/α-hetero) is 2. The maximum Gasteiger partial charge on any atom is 0.224 e. The van der Waals surface area contributed by atoms with E-state index in [0.717, 1.165) is 38.2 Å². The van der Waals surface area contributed by atoms with Gasteiger partial charge in [-0.05, 0) is 103 Å². The molecule has 1 fully saturated rings. The molecule has 3 amide bonds. The normalized spacial score (nSPS) is 15.3. The van der Waals surface area contributed by atoms with Crippen molar-refractivity contribution in [3.63, 3.8) is 0 Å². The average molecular weight is 868 g/mol. The second-order valence-corrected chi connectivity index (χ2v) is 17.3. The van der Waals surface area contributed by atoms with Gasteiger partial charge in [-0.1, -0.05) is 128 Å². The number of fused-ring (bicyclic) bond motifs is 2. The Hall–Kier alpha value is -6.20. The van der Waals surface area contributed by atoms with Crippen molar-refractivity contribution in [2.75, 3.05) is 19.6 Å². The van der Waals surface area contributed by atoms with Crippen LogP contribution in [0.4, 0.5) is 4.39 Å². The van der Waals surface area contributed by atoms with Crippen LogP contribution >= 0.6 is 0 Å². The first-order valence-electron chi connectivity index (χ1n) is 22.7. The van der Waals surface area contributed by atoms with Crippen LogP contribution < -0.4 is 27.0 Å². The highest BCUT2D eigenvalue weighted by Gasteiger charge is 2.33. The van der Waals surface area contributed by atoms with Crippen LogP contribution in [0.3, 0.4) is 0 Å². The maximum atomic E-state index is 14.8. The van der Waals surface area contributed by atoms with Gasteiger partial charge in [0.1, 0.15) is 6.17 Å². The van der Waals surface area contributed by atoms with Gasteiger partial charge >= 0.3 is 0 Å². The summed E-state index contributed by atoms with van der Waals surface area (Å²) in [6.45, 7) is 6.97. The molecular weight excluding hydrogens is 806 g/mol. The Morgan fingerprint density at radius 3 is 1.80 bits per heavy atom. The smallest absolute Gasteiger partial charge is 0.224 e. The van der Waals surface area contributed by atoms with Gasteiger partial charge in [0.25, 0.3) is 0 Å². The Bertz CT molecular complexity index is 2400. The van der Waals surface area contributed by atoms with Crippen molar-refractivity contribution in [2.45, 2.75) is 89.4 Å². The molecule has 5 aromatic carbocycles. The van der Waals surface area contributed by atoms with E-state index in [1.165, 1.54) is 6.92 Å². The highest BCUT2D eigenvalue weighted by atomic mass is 19.1. The van der Waals surface area contributed by atoms with Crippen LogP contribution in [0.1, 0.15) is 68.6 Å². The van der Waals surface area contributed by atoms with Crippen molar-refractivity contribution in [3.8, 4) is 0 Å². The minimum atomic E-state index is -1.19. The minimum absolute atomic E-state index is 0.165. The molecule has 6 rings (SSSR count). The van der Waals surface area contributed by atoms with E-state index in [-0.39, 0.29) is 61.2 Å². The third-order valence-corrected chi connectivity index (χ3v) is 12.4. The first-order chi connectivity index (χ1) is 30.9. The van der Waals surface area contributed by atoms with E-state index in [4.69, 9.17) is 5.73 Å². The molecule has 5 atom stereocenters. The number of carbonyl (C=O) groups is 5. The van der Waals surface area contributed by atoms with Crippen LogP contribution in [0.25, 0.3) is 21.5 Å². The molecule has 1 aliphatic rings. The van der Waals surface area contributed by atoms with Gasteiger partial charge in [0, 0.05) is 42.8 Å². The van der Waals surface area contributed by atoms with E-state index < -0.39 is 41.9 Å². The van der Waals surface area contributed by atoms with Crippen LogP contribution in [0, 0.1) is 17.8 Å². The third-order valence-electron chi connectivity index (χ3n) is 12.4. The fourth-order valence-electron chi connectivity index (χ4n) is 8.53. The number of primary amides is 1. The number of carbonyl (C=O) groups excluding carboxylic acids is 5. The lowest BCUT2D eigenvalue weighted by atomic mass is 9.87. The van der Waals surface area contributed by atoms with Gasteiger partial charge in [0.15, 0.2) is 11.6 Å². The van der Waals surface area contributed by atoms with Crippen LogP contribution in [0.2, 0.25) is 0 Å². The van der Waals surface area contributed by atoms with Gasteiger partial charge in [-0.15, -0.1) is 0 Å². The van der Waals surface area contributed by atoms with Gasteiger partial charge in [0.05, 0.1) is 12.1 Å². The Kier molecular flexibility index (Phi) is 17.3. The number of unbranched alkanes of at least 4 members (excludes halogenated alkanes) is 1. The largest absolute Gasteiger partial charge is 0.386 e. The van der Waals surface area contributed by atoms with Crippen LogP contribution in [0.15, 0.2) is 128 Å². The SMILES string of the molecule is C=C(NCCCC[C@H](CC(=O)[C@H](Cc1ccccc1)NC(=O)[C@H](CC(=O)[C@@H](Cc1ccc2ccccc2c1)NC(=O)C1CCNCC1)Cc1ccc2ccccc2c1)C(N)=O)C(C)F. The van der Waals surface area contributed by atoms with Crippen LogP contribution in [0.5, 0.6) is 0 Å².